The number of aliphatic imine (C=N–C) groups is 1. The summed E-state index contributed by atoms with van der Waals surface area (Å²) in [4.78, 5) is 30.2. The molecular weight excluding hydrogens is 218 g/mol. The van der Waals surface area contributed by atoms with E-state index in [9.17, 15) is 9.59 Å². The molecule has 0 aromatic rings. The monoisotopic (exact) mass is 236 g/mol. The average Bonchev–Trinajstić information content (AvgIpc) is 2.74. The van der Waals surface area contributed by atoms with Crippen molar-refractivity contribution in [2.45, 2.75) is 19.8 Å². The van der Waals surface area contributed by atoms with Gasteiger partial charge in [0.25, 0.3) is 0 Å². The molecule has 0 aromatic heterocycles. The standard InChI is InChI=1S/C12H17N3O2/c1-9(16)15-5-3-10(4-6-15)12(17)11-7-13-8-14(11)2/h7-8,10H,3-6H2,1-2H3/p+1. The van der Waals surface area contributed by atoms with Gasteiger partial charge in [-0.15, -0.1) is 0 Å². The van der Waals surface area contributed by atoms with Crippen LogP contribution in [0.15, 0.2) is 16.9 Å². The minimum absolute atomic E-state index is 0.0495. The number of carbonyl (C=O) groups excluding carboxylic acids is 2. The smallest absolute Gasteiger partial charge is 0.221 e. The van der Waals surface area contributed by atoms with Crippen LogP contribution < -0.4 is 4.90 Å². The molecule has 2 heterocycles. The molecule has 5 heteroatoms. The first kappa shape index (κ1) is 12.0. The maximum absolute atomic E-state index is 12.2. The molecule has 0 radical (unpaired) electrons. The minimum atomic E-state index is 0.0495. The number of allylic oxidation sites excluding steroid dienone is 1. The molecule has 5 nitrogen and oxygen atoms in total. The van der Waals surface area contributed by atoms with Crippen LogP contribution in [0, 0.1) is 5.92 Å². The van der Waals surface area contributed by atoms with E-state index in [2.05, 4.69) is 4.99 Å². The Balaban J connectivity index is 1.93. The van der Waals surface area contributed by atoms with E-state index in [1.807, 2.05) is 7.05 Å². The second kappa shape index (κ2) is 4.79. The Hall–Kier alpha value is -1.49. The van der Waals surface area contributed by atoms with Gasteiger partial charge in [-0.2, -0.15) is 0 Å². The number of rotatable bonds is 2. The van der Waals surface area contributed by atoms with Crippen molar-refractivity contribution in [3.63, 3.8) is 0 Å². The molecule has 0 aliphatic carbocycles. The Labute approximate surface area is 101 Å². The van der Waals surface area contributed by atoms with Gasteiger partial charge in [-0.1, -0.05) is 0 Å². The van der Waals surface area contributed by atoms with Gasteiger partial charge < -0.3 is 4.90 Å². The van der Waals surface area contributed by atoms with E-state index in [-0.39, 0.29) is 17.6 Å². The van der Waals surface area contributed by atoms with Gasteiger partial charge in [0.15, 0.2) is 12.0 Å². The van der Waals surface area contributed by atoms with Crippen LogP contribution in [0.2, 0.25) is 0 Å². The molecule has 17 heavy (non-hydrogen) atoms. The van der Waals surface area contributed by atoms with E-state index < -0.39 is 0 Å². The second-order valence-electron chi connectivity index (χ2n) is 4.65. The first-order chi connectivity index (χ1) is 8.09. The van der Waals surface area contributed by atoms with Crippen LogP contribution in [0.4, 0.5) is 0 Å². The minimum Gasteiger partial charge on any atom is -0.343 e. The number of likely N-dealkylation sites (N-methyl/N-ethyl adjacent to an activating group) is 1. The summed E-state index contributed by atoms with van der Waals surface area (Å²) < 4.78 is 0. The number of ketones is 1. The van der Waals surface area contributed by atoms with E-state index in [4.69, 9.17) is 0 Å². The highest BCUT2D eigenvalue weighted by molar-refractivity contribution is 5.96. The van der Waals surface area contributed by atoms with Crippen molar-refractivity contribution in [3.8, 4) is 0 Å². The van der Waals surface area contributed by atoms with E-state index in [0.29, 0.717) is 13.1 Å². The first-order valence-electron chi connectivity index (χ1n) is 5.96. The lowest BCUT2D eigenvalue weighted by atomic mass is 9.91. The normalized spacial score (nSPS) is 24.9. The molecule has 2 aliphatic heterocycles. The van der Waals surface area contributed by atoms with Crippen molar-refractivity contribution in [1.82, 2.24) is 4.90 Å². The van der Waals surface area contributed by atoms with Crippen LogP contribution in [-0.4, -0.2) is 43.1 Å². The topological polar surface area (TPSA) is 54.2 Å². The quantitative estimate of drug-likeness (QED) is 0.683. The van der Waals surface area contributed by atoms with E-state index in [1.165, 1.54) is 0 Å². The maximum atomic E-state index is 12.2. The number of hydrogen-bond donors (Lipinski definition) is 1. The summed E-state index contributed by atoms with van der Waals surface area (Å²) in [7, 11) is 1.91. The van der Waals surface area contributed by atoms with Crippen molar-refractivity contribution in [2.75, 3.05) is 20.1 Å². The summed E-state index contributed by atoms with van der Waals surface area (Å²) in [6.45, 7) is 2.96. The van der Waals surface area contributed by atoms with Crippen LogP contribution in [-0.2, 0) is 9.59 Å². The van der Waals surface area contributed by atoms with Crippen LogP contribution in [0.1, 0.15) is 19.8 Å². The zero-order chi connectivity index (χ0) is 12.4. The molecule has 1 unspecified atom stereocenters. The molecule has 1 N–H and O–H groups in total. The fourth-order valence-electron chi connectivity index (χ4n) is 2.33. The number of Topliss-reactive ketones (excluding diaryl/α,β-unsaturated/α-hetero) is 1. The van der Waals surface area contributed by atoms with Gasteiger partial charge in [0.05, 0.1) is 13.2 Å². The van der Waals surface area contributed by atoms with Crippen LogP contribution in [0.5, 0.6) is 0 Å². The second-order valence-corrected chi connectivity index (χ2v) is 4.65. The molecule has 0 spiro atoms. The molecule has 0 saturated carbocycles. The number of nitrogens with one attached hydrogen (secondary N) is 1. The summed E-state index contributed by atoms with van der Waals surface area (Å²) in [6, 6.07) is 0. The predicted molar refractivity (Wildman–Crippen MR) is 63.4 cm³/mol. The summed E-state index contributed by atoms with van der Waals surface area (Å²) in [5.41, 5.74) is 0.742. The SMILES string of the molecule is CC(=O)N1CCC(C(=O)C2=CN=C[NH+]2C)CC1. The molecule has 92 valence electrons. The van der Waals surface area contributed by atoms with Gasteiger partial charge in [0.1, 0.15) is 0 Å². The van der Waals surface area contributed by atoms with E-state index >= 15 is 0 Å². The summed E-state index contributed by atoms with van der Waals surface area (Å²) in [5.74, 6) is 0.332. The Morgan fingerprint density at radius 3 is 2.53 bits per heavy atom. The van der Waals surface area contributed by atoms with Gasteiger partial charge in [-0.25, -0.2) is 4.99 Å². The zero-order valence-corrected chi connectivity index (χ0v) is 10.3. The first-order valence-corrected chi connectivity index (χ1v) is 5.96. The summed E-state index contributed by atoms with van der Waals surface area (Å²) >= 11 is 0. The molecule has 2 rings (SSSR count). The van der Waals surface area contributed by atoms with Gasteiger partial charge in [0, 0.05) is 25.9 Å². The van der Waals surface area contributed by atoms with Crippen LogP contribution in [0.25, 0.3) is 0 Å². The number of piperidine rings is 1. The van der Waals surface area contributed by atoms with Gasteiger partial charge >= 0.3 is 0 Å². The number of hydrogen-bond acceptors (Lipinski definition) is 3. The Kier molecular flexibility index (Phi) is 3.38. The van der Waals surface area contributed by atoms with Gasteiger partial charge in [0.2, 0.25) is 11.7 Å². The van der Waals surface area contributed by atoms with Crippen molar-refractivity contribution < 1.29 is 14.5 Å². The highest BCUT2D eigenvalue weighted by atomic mass is 16.2. The lowest BCUT2D eigenvalue weighted by Gasteiger charge is -2.30. The summed E-state index contributed by atoms with van der Waals surface area (Å²) in [6.07, 6.45) is 4.90. The third kappa shape index (κ3) is 2.44. The van der Waals surface area contributed by atoms with Crippen molar-refractivity contribution >= 4 is 18.0 Å². The zero-order valence-electron chi connectivity index (χ0n) is 10.3. The number of likely N-dealkylation sites (tertiary alicyclic amines) is 1. The molecule has 1 fully saturated rings. The highest BCUT2D eigenvalue weighted by Gasteiger charge is 2.32. The van der Waals surface area contributed by atoms with E-state index in [1.54, 1.807) is 24.4 Å². The van der Waals surface area contributed by atoms with Crippen molar-refractivity contribution in [3.05, 3.63) is 11.9 Å². The fourth-order valence-corrected chi connectivity index (χ4v) is 2.33. The number of amides is 1. The lowest BCUT2D eigenvalue weighted by molar-refractivity contribution is -0.721. The Morgan fingerprint density at radius 2 is 2.06 bits per heavy atom. The highest BCUT2D eigenvalue weighted by Crippen LogP contribution is 2.20. The molecule has 0 bridgehead atoms. The number of nitrogens with zero attached hydrogens (tertiary/aromatic N) is 2. The lowest BCUT2D eigenvalue weighted by Crippen LogP contribution is -3.06. The molecular formula is C12H18N3O2+. The third-order valence-electron chi connectivity index (χ3n) is 3.47. The fraction of sp³-hybridized carbons (Fsp3) is 0.583. The molecule has 1 atom stereocenters. The third-order valence-corrected chi connectivity index (χ3v) is 3.47. The van der Waals surface area contributed by atoms with Crippen molar-refractivity contribution in [1.29, 1.82) is 0 Å². The maximum Gasteiger partial charge on any atom is 0.221 e. The largest absolute Gasteiger partial charge is 0.343 e. The summed E-state index contributed by atoms with van der Waals surface area (Å²) in [5, 5.41) is 0. The molecule has 1 amide bonds. The van der Waals surface area contributed by atoms with Crippen LogP contribution >= 0.6 is 0 Å². The van der Waals surface area contributed by atoms with Crippen LogP contribution in [0.3, 0.4) is 0 Å². The van der Waals surface area contributed by atoms with Gasteiger partial charge in [-0.05, 0) is 12.8 Å². The number of quaternary nitrogens is 1. The van der Waals surface area contributed by atoms with Crippen molar-refractivity contribution in [2.24, 2.45) is 10.9 Å². The van der Waals surface area contributed by atoms with E-state index in [0.717, 1.165) is 23.4 Å². The van der Waals surface area contributed by atoms with Gasteiger partial charge in [-0.3, -0.25) is 14.5 Å². The molecule has 2 aliphatic rings. The average molecular weight is 236 g/mol. The Bertz CT molecular complexity index is 393. The molecule has 1 saturated heterocycles. The predicted octanol–water partition coefficient (Wildman–Crippen LogP) is -0.788. The number of carbonyl (C=O) groups is 2. The molecule has 0 aromatic carbocycles. The Morgan fingerprint density at radius 1 is 1.41 bits per heavy atom.